The molecule has 0 unspecified atom stereocenters. The van der Waals surface area contributed by atoms with Crippen LogP contribution in [0.3, 0.4) is 0 Å². The number of rotatable bonds is 3. The van der Waals surface area contributed by atoms with Crippen molar-refractivity contribution in [3.63, 3.8) is 0 Å². The molecule has 0 rings (SSSR count). The predicted octanol–water partition coefficient (Wildman–Crippen LogP) is 4.83. The van der Waals surface area contributed by atoms with Crippen LogP contribution in [0.15, 0.2) is 0 Å². The molecular formula is C6H14Cl2P. The van der Waals surface area contributed by atoms with Gasteiger partial charge in [0.15, 0.2) is 0 Å². The van der Waals surface area contributed by atoms with Crippen LogP contribution in [0.5, 0.6) is 0 Å². The van der Waals surface area contributed by atoms with E-state index in [2.05, 4.69) is 13.8 Å². The summed E-state index contributed by atoms with van der Waals surface area (Å²) >= 11 is 9.47. The molecule has 9 heavy (non-hydrogen) atoms. The van der Waals surface area contributed by atoms with Crippen molar-refractivity contribution in [2.45, 2.75) is 39.5 Å². The molecule has 0 saturated heterocycles. The molecule has 0 N–H and O–H groups in total. The van der Waals surface area contributed by atoms with Crippen LogP contribution in [-0.2, 0) is 0 Å². The Balaban J connectivity index is 0. The average Bonchev–Trinajstić information content (AvgIpc) is 1.86. The number of hydrogen-bond acceptors (Lipinski definition) is 0. The Labute approximate surface area is 69.7 Å². The largest absolute Gasteiger partial charge is 0.141 e. The van der Waals surface area contributed by atoms with Crippen molar-refractivity contribution >= 4 is 29.8 Å². The molecule has 0 aromatic rings. The lowest BCUT2D eigenvalue weighted by Crippen LogP contribution is -1.66. The first-order chi connectivity index (χ1) is 4.33. The van der Waals surface area contributed by atoms with Crippen molar-refractivity contribution in [3.8, 4) is 0 Å². The van der Waals surface area contributed by atoms with Crippen LogP contribution in [-0.4, -0.2) is 0 Å². The van der Waals surface area contributed by atoms with Crippen molar-refractivity contribution in [1.29, 1.82) is 0 Å². The molecule has 0 saturated carbocycles. The second-order valence-electron chi connectivity index (χ2n) is 1.77. The maximum absolute atomic E-state index is 4.74. The first-order valence-electron chi connectivity index (χ1n) is 3.25. The zero-order valence-electron chi connectivity index (χ0n) is 6.03. The van der Waals surface area contributed by atoms with Gasteiger partial charge < -0.3 is 0 Å². The first kappa shape index (κ1) is 12.7. The Kier molecular flexibility index (Phi) is 22.5. The monoisotopic (exact) mass is 187 g/mol. The summed E-state index contributed by atoms with van der Waals surface area (Å²) in [6, 6.07) is 0. The molecule has 0 aromatic heterocycles. The van der Waals surface area contributed by atoms with Crippen LogP contribution in [0, 0.1) is 0 Å². The van der Waals surface area contributed by atoms with Crippen molar-refractivity contribution in [2.24, 2.45) is 0 Å². The van der Waals surface area contributed by atoms with E-state index in [1.807, 2.05) is 0 Å². The third-order valence-electron chi connectivity index (χ3n) is 0.957. The van der Waals surface area contributed by atoms with E-state index in [0.717, 1.165) is 0 Å². The highest BCUT2D eigenvalue weighted by molar-refractivity contribution is 7.90. The van der Waals surface area contributed by atoms with Gasteiger partial charge in [0.05, 0.1) is 0 Å². The highest BCUT2D eigenvalue weighted by Gasteiger charge is 1.75. The molecule has 0 aliphatic heterocycles. The minimum absolute atomic E-state index is 0.361. The van der Waals surface area contributed by atoms with Crippen molar-refractivity contribution in [2.75, 3.05) is 0 Å². The van der Waals surface area contributed by atoms with E-state index in [1.54, 1.807) is 0 Å². The summed E-state index contributed by atoms with van der Waals surface area (Å²) in [4.78, 5) is 0. The third kappa shape index (κ3) is 27.5. The van der Waals surface area contributed by atoms with E-state index in [9.17, 15) is 0 Å². The summed E-state index contributed by atoms with van der Waals surface area (Å²) in [7, 11) is 0.361. The van der Waals surface area contributed by atoms with E-state index >= 15 is 0 Å². The summed E-state index contributed by atoms with van der Waals surface area (Å²) in [5.41, 5.74) is 0. The topological polar surface area (TPSA) is 0 Å². The first-order valence-corrected chi connectivity index (χ1v) is 5.96. The summed E-state index contributed by atoms with van der Waals surface area (Å²) in [5.74, 6) is 0. The Hall–Kier alpha value is 1.01. The minimum atomic E-state index is 0.361. The van der Waals surface area contributed by atoms with Gasteiger partial charge in [0.1, 0.15) is 7.29 Å². The maximum atomic E-state index is 4.74. The van der Waals surface area contributed by atoms with Gasteiger partial charge in [-0.05, 0) is 0 Å². The van der Waals surface area contributed by atoms with Crippen molar-refractivity contribution < 1.29 is 0 Å². The second kappa shape index (κ2) is 16.0. The van der Waals surface area contributed by atoms with Gasteiger partial charge in [-0.3, -0.25) is 0 Å². The molecule has 0 bridgehead atoms. The summed E-state index contributed by atoms with van der Waals surface area (Å²) in [6.45, 7) is 4.46. The molecule has 0 amide bonds. The van der Waals surface area contributed by atoms with E-state index in [-0.39, 0.29) is 0 Å². The van der Waals surface area contributed by atoms with Gasteiger partial charge in [-0.2, -0.15) is 0 Å². The predicted molar refractivity (Wildman–Crippen MR) is 48.4 cm³/mol. The zero-order chi connectivity index (χ0) is 7.54. The molecule has 0 fully saturated rings. The highest BCUT2D eigenvalue weighted by atomic mass is 35.9. The second-order valence-corrected chi connectivity index (χ2v) is 3.43. The molecule has 0 atom stereocenters. The summed E-state index contributed by atoms with van der Waals surface area (Å²) in [6.07, 6.45) is 5.54. The van der Waals surface area contributed by atoms with Crippen LogP contribution in [0.4, 0.5) is 0 Å². The fraction of sp³-hybridized carbons (Fsp3) is 1.00. The normalized spacial score (nSPS) is 8.00. The van der Waals surface area contributed by atoms with Gasteiger partial charge in [0, 0.05) is 0 Å². The van der Waals surface area contributed by atoms with E-state index in [4.69, 9.17) is 22.5 Å². The Morgan fingerprint density at radius 1 is 1.00 bits per heavy atom. The summed E-state index contributed by atoms with van der Waals surface area (Å²) < 4.78 is 0. The van der Waals surface area contributed by atoms with Gasteiger partial charge in [-0.15, -0.1) is 0 Å². The smallest absolute Gasteiger partial charge is 0.0704 e. The van der Waals surface area contributed by atoms with Crippen LogP contribution >= 0.6 is 29.8 Å². The van der Waals surface area contributed by atoms with Gasteiger partial charge in [-0.1, -0.05) is 62.0 Å². The van der Waals surface area contributed by atoms with Crippen molar-refractivity contribution in [1.82, 2.24) is 0 Å². The third-order valence-corrected chi connectivity index (χ3v) is 0.957. The number of unbranched alkanes of at least 4 members (excludes halogenated alkanes) is 3. The Bertz CT molecular complexity index is 30.2. The molecule has 0 spiro atoms. The zero-order valence-corrected chi connectivity index (χ0v) is 8.44. The van der Waals surface area contributed by atoms with Crippen LogP contribution in [0.1, 0.15) is 39.5 Å². The molecule has 3 heteroatoms. The molecular weight excluding hydrogens is 174 g/mol. The number of halogens is 2. The van der Waals surface area contributed by atoms with Crippen molar-refractivity contribution in [3.05, 3.63) is 0 Å². The lowest BCUT2D eigenvalue weighted by atomic mass is 10.2. The van der Waals surface area contributed by atoms with Gasteiger partial charge >= 0.3 is 0 Å². The van der Waals surface area contributed by atoms with Crippen LogP contribution < -0.4 is 0 Å². The lowest BCUT2D eigenvalue weighted by molar-refractivity contribution is 0.702. The van der Waals surface area contributed by atoms with Crippen LogP contribution in [0.25, 0.3) is 0 Å². The van der Waals surface area contributed by atoms with Crippen LogP contribution in [0.2, 0.25) is 0 Å². The molecule has 0 nitrogen and oxygen atoms in total. The molecule has 0 heterocycles. The van der Waals surface area contributed by atoms with Gasteiger partial charge in [-0.25, -0.2) is 0 Å². The van der Waals surface area contributed by atoms with E-state index < -0.39 is 0 Å². The highest BCUT2D eigenvalue weighted by Crippen LogP contribution is 2.19. The molecule has 0 aliphatic carbocycles. The lowest BCUT2D eigenvalue weighted by Gasteiger charge is -1.86. The van der Waals surface area contributed by atoms with Gasteiger partial charge in [0.2, 0.25) is 0 Å². The Morgan fingerprint density at radius 3 is 1.33 bits per heavy atom. The summed E-state index contributed by atoms with van der Waals surface area (Å²) in [5, 5.41) is 0. The SMILES string of the molecule is CCCCCC.Cl[P]Cl. The molecule has 0 aliphatic rings. The average molecular weight is 188 g/mol. The van der Waals surface area contributed by atoms with E-state index in [1.165, 1.54) is 25.7 Å². The minimum Gasteiger partial charge on any atom is -0.0704 e. The fourth-order valence-electron chi connectivity index (χ4n) is 0.500. The number of hydrogen-bond donors (Lipinski definition) is 0. The fourth-order valence-corrected chi connectivity index (χ4v) is 0.500. The van der Waals surface area contributed by atoms with Gasteiger partial charge in [0.25, 0.3) is 0 Å². The standard InChI is InChI=1S/C6H14.Cl2P/c1-3-5-6-4-2;1-3-2/h3-6H2,1-2H3;. The Morgan fingerprint density at radius 2 is 1.22 bits per heavy atom. The molecule has 1 radical (unpaired) electrons. The molecule has 0 aromatic carbocycles. The van der Waals surface area contributed by atoms with E-state index in [0.29, 0.717) is 7.29 Å². The molecule has 57 valence electrons. The maximum Gasteiger partial charge on any atom is 0.141 e. The quantitative estimate of drug-likeness (QED) is 0.439.